The zero-order valence-corrected chi connectivity index (χ0v) is 24.5. The van der Waals surface area contributed by atoms with Gasteiger partial charge in [-0.3, -0.25) is 29.2 Å². The summed E-state index contributed by atoms with van der Waals surface area (Å²) >= 11 is -2.37. The first kappa shape index (κ1) is 31.7. The fourth-order valence-electron chi connectivity index (χ4n) is 4.43. The largest absolute Gasteiger partial charge is 0.496 e. The number of hydrogen-bond acceptors (Lipinski definition) is 6. The number of carbonyl (C=O) groups excluding carboxylic acids is 3. The molecule has 13 heteroatoms. The highest BCUT2D eigenvalue weighted by Crippen LogP contribution is 2.38. The number of carboxylic acids is 1. The maximum atomic E-state index is 13.5. The van der Waals surface area contributed by atoms with Crippen LogP contribution in [-0.2, 0) is 32.8 Å². The van der Waals surface area contributed by atoms with Crippen molar-refractivity contribution in [2.75, 3.05) is 30.4 Å². The number of nitrogens with one attached hydrogen (secondary N) is 2. The highest BCUT2D eigenvalue weighted by atomic mass is 32.2. The number of benzene rings is 2. The number of urea groups is 1. The van der Waals surface area contributed by atoms with Gasteiger partial charge in [-0.25, -0.2) is 9.00 Å². The molecule has 0 radical (unpaired) electrons. The van der Waals surface area contributed by atoms with Crippen molar-refractivity contribution in [3.8, 4) is 5.75 Å². The van der Waals surface area contributed by atoms with E-state index in [4.69, 9.17) is 4.74 Å². The van der Waals surface area contributed by atoms with Crippen molar-refractivity contribution in [2.24, 2.45) is 5.92 Å². The number of amides is 4. The van der Waals surface area contributed by atoms with Crippen LogP contribution in [-0.4, -0.2) is 62.2 Å². The first-order chi connectivity index (χ1) is 19.2. The molecule has 0 aromatic heterocycles. The quantitative estimate of drug-likeness (QED) is 0.288. The Hall–Kier alpha value is -3.81. The number of carboxylic acid groups (broad SMARTS) is 1. The summed E-state index contributed by atoms with van der Waals surface area (Å²) in [4.78, 5) is 50.5. The molecule has 2 aromatic carbocycles. The zero-order valence-electron chi connectivity index (χ0n) is 23.7. The number of imide groups is 1. The molecule has 0 aliphatic carbocycles. The lowest BCUT2D eigenvalue weighted by Gasteiger charge is -2.30. The first-order valence-corrected chi connectivity index (χ1v) is 14.1. The Bertz CT molecular complexity index is 1340. The van der Waals surface area contributed by atoms with Crippen LogP contribution in [0, 0.1) is 5.92 Å². The maximum absolute atomic E-state index is 13.5. The third kappa shape index (κ3) is 7.90. The number of hydrogen-bond donors (Lipinski definition) is 4. The van der Waals surface area contributed by atoms with E-state index in [1.807, 2.05) is 20.8 Å². The van der Waals surface area contributed by atoms with Crippen molar-refractivity contribution in [1.82, 2.24) is 9.62 Å². The van der Waals surface area contributed by atoms with Crippen LogP contribution in [0.1, 0.15) is 62.0 Å². The van der Waals surface area contributed by atoms with Gasteiger partial charge in [-0.15, -0.1) is 0 Å². The molecule has 3 rings (SSSR count). The number of aliphatic carboxylic acids is 1. The smallest absolute Gasteiger partial charge is 0.328 e. The fourth-order valence-corrected chi connectivity index (χ4v) is 5.00. The average molecular weight is 589 g/mol. The second-order valence-electron chi connectivity index (χ2n) is 10.7. The Morgan fingerprint density at radius 1 is 1.20 bits per heavy atom. The molecule has 4 amide bonds. The molecule has 2 atom stereocenters. The summed E-state index contributed by atoms with van der Waals surface area (Å²) in [6, 6.07) is 9.36. The molecule has 1 aliphatic heterocycles. The highest BCUT2D eigenvalue weighted by Gasteiger charge is 2.30. The van der Waals surface area contributed by atoms with Gasteiger partial charge >= 0.3 is 12.0 Å². The third-order valence-electron chi connectivity index (χ3n) is 6.75. The van der Waals surface area contributed by atoms with Gasteiger partial charge in [0, 0.05) is 43.0 Å². The summed E-state index contributed by atoms with van der Waals surface area (Å²) < 4.78 is 28.3. The van der Waals surface area contributed by atoms with Crippen LogP contribution in [0.2, 0.25) is 0 Å². The van der Waals surface area contributed by atoms with Crippen molar-refractivity contribution in [3.63, 3.8) is 0 Å². The van der Waals surface area contributed by atoms with Crippen LogP contribution < -0.4 is 20.3 Å². The van der Waals surface area contributed by atoms with Gasteiger partial charge in [-0.05, 0) is 41.7 Å². The molecule has 12 nitrogen and oxygen atoms in total. The van der Waals surface area contributed by atoms with Gasteiger partial charge in [0.15, 0.2) is 0 Å². The maximum Gasteiger partial charge on any atom is 0.328 e. The van der Waals surface area contributed by atoms with Gasteiger partial charge in [0.2, 0.25) is 17.2 Å². The van der Waals surface area contributed by atoms with Crippen molar-refractivity contribution in [1.29, 1.82) is 0 Å². The molecule has 1 fully saturated rings. The number of rotatable bonds is 11. The Kier molecular flexibility index (Phi) is 10.2. The predicted octanol–water partition coefficient (Wildman–Crippen LogP) is 3.74. The van der Waals surface area contributed by atoms with Crippen molar-refractivity contribution in [3.05, 3.63) is 53.1 Å². The van der Waals surface area contributed by atoms with Gasteiger partial charge in [-0.1, -0.05) is 39.8 Å². The third-order valence-corrected chi connectivity index (χ3v) is 7.47. The number of anilines is 2. The summed E-state index contributed by atoms with van der Waals surface area (Å²) in [5.41, 5.74) is 1.99. The van der Waals surface area contributed by atoms with Gasteiger partial charge in [0.25, 0.3) is 5.91 Å². The highest BCUT2D eigenvalue weighted by molar-refractivity contribution is 7.76. The van der Waals surface area contributed by atoms with Crippen LogP contribution in [0.15, 0.2) is 36.4 Å². The fraction of sp³-hybridized carbons (Fsp3) is 0.429. The molecule has 0 spiro atoms. The second-order valence-corrected chi connectivity index (χ2v) is 11.7. The number of methoxy groups -OCH3 is 1. The topological polar surface area (TPSA) is 166 Å². The molecule has 2 aromatic rings. The normalized spacial score (nSPS) is 15.3. The number of carbonyl (C=O) groups is 4. The lowest BCUT2D eigenvalue weighted by Crippen LogP contribution is -2.49. The molecule has 1 aliphatic rings. The van der Waals surface area contributed by atoms with E-state index >= 15 is 0 Å². The molecule has 4 N–H and O–H groups in total. The summed E-state index contributed by atoms with van der Waals surface area (Å²) in [7, 11) is 1.46. The van der Waals surface area contributed by atoms with Crippen molar-refractivity contribution < 1.29 is 37.8 Å². The monoisotopic (exact) mass is 588 g/mol. The molecule has 1 saturated heterocycles. The average Bonchev–Trinajstić information content (AvgIpc) is 2.90. The Morgan fingerprint density at radius 2 is 1.85 bits per heavy atom. The Morgan fingerprint density at radius 3 is 2.37 bits per heavy atom. The molecule has 0 bridgehead atoms. The minimum absolute atomic E-state index is 0.0341. The standard InChI is InChI=1S/C28H36N4O8S/c1-6-18(26(35)36)16-31(41(38)39)15-17-7-9-19(10-8-17)29-25(34)21-13-20(32-12-11-23(33)30-27(32)37)14-22(24(21)40-5)28(2,3)4/h7-10,13-14,18H,6,11-12,15-16H2,1-5H3,(H,29,34)(H,35,36)(H,38,39)(H,30,33,37). The van der Waals surface area contributed by atoms with E-state index in [1.165, 1.54) is 12.0 Å². The molecule has 0 saturated carbocycles. The van der Waals surface area contributed by atoms with E-state index < -0.39 is 40.5 Å². The van der Waals surface area contributed by atoms with Crippen LogP contribution in [0.25, 0.3) is 0 Å². The van der Waals surface area contributed by atoms with E-state index in [1.54, 1.807) is 43.3 Å². The summed E-state index contributed by atoms with van der Waals surface area (Å²) in [5, 5.41) is 14.4. The van der Waals surface area contributed by atoms with E-state index in [0.29, 0.717) is 34.7 Å². The van der Waals surface area contributed by atoms with Crippen LogP contribution >= 0.6 is 0 Å². The zero-order chi connectivity index (χ0) is 30.5. The van der Waals surface area contributed by atoms with Gasteiger partial charge < -0.3 is 15.2 Å². The first-order valence-electron chi connectivity index (χ1n) is 13.1. The molecular weight excluding hydrogens is 552 g/mol. The summed E-state index contributed by atoms with van der Waals surface area (Å²) in [5.74, 6) is -2.32. The predicted molar refractivity (Wildman–Crippen MR) is 154 cm³/mol. The Balaban J connectivity index is 1.87. The van der Waals surface area contributed by atoms with Crippen LogP contribution in [0.5, 0.6) is 5.75 Å². The second kappa shape index (κ2) is 13.2. The van der Waals surface area contributed by atoms with Gasteiger partial charge in [-0.2, -0.15) is 4.31 Å². The lowest BCUT2D eigenvalue weighted by molar-refractivity contribution is -0.142. The summed E-state index contributed by atoms with van der Waals surface area (Å²) in [6.07, 6.45) is 0.448. The van der Waals surface area contributed by atoms with Crippen molar-refractivity contribution in [2.45, 2.75) is 52.5 Å². The molecular formula is C28H36N4O8S. The number of ether oxygens (including phenoxy) is 1. The van der Waals surface area contributed by atoms with Crippen LogP contribution in [0.3, 0.4) is 0 Å². The SMILES string of the molecule is CCC(CN(Cc1ccc(NC(=O)c2cc(N3CCC(=O)NC3=O)cc(C(C)(C)C)c2OC)cc1)S(=O)O)C(=O)O. The Labute approximate surface area is 241 Å². The van der Waals surface area contributed by atoms with Crippen molar-refractivity contribution >= 4 is 46.5 Å². The minimum atomic E-state index is -2.37. The van der Waals surface area contributed by atoms with Gasteiger partial charge in [0.05, 0.1) is 18.6 Å². The molecule has 1 heterocycles. The summed E-state index contributed by atoms with van der Waals surface area (Å²) in [6.45, 7) is 7.68. The molecule has 2 unspecified atom stereocenters. The van der Waals surface area contributed by atoms with E-state index in [-0.39, 0.29) is 37.5 Å². The minimum Gasteiger partial charge on any atom is -0.496 e. The molecule has 222 valence electrons. The van der Waals surface area contributed by atoms with E-state index in [9.17, 15) is 33.0 Å². The number of nitrogens with zero attached hydrogens (tertiary/aromatic N) is 2. The van der Waals surface area contributed by atoms with Crippen LogP contribution in [0.4, 0.5) is 16.2 Å². The van der Waals surface area contributed by atoms with E-state index in [2.05, 4.69) is 10.6 Å². The van der Waals surface area contributed by atoms with E-state index in [0.717, 1.165) is 4.31 Å². The lowest BCUT2D eigenvalue weighted by atomic mass is 9.84. The molecule has 41 heavy (non-hydrogen) atoms. The van der Waals surface area contributed by atoms with Gasteiger partial charge in [0.1, 0.15) is 5.75 Å².